The van der Waals surface area contributed by atoms with Crippen LogP contribution in [0.1, 0.15) is 30.8 Å². The number of nitrogens with zero attached hydrogens (tertiary/aromatic N) is 4. The summed E-state index contributed by atoms with van der Waals surface area (Å²) >= 11 is 3.67. The molecule has 112 valence electrons. The quantitative estimate of drug-likeness (QED) is 0.920. The Bertz CT molecular complexity index is 612. The van der Waals surface area contributed by atoms with E-state index in [1.165, 1.54) is 5.56 Å². The Kier molecular flexibility index (Phi) is 4.37. The van der Waals surface area contributed by atoms with E-state index in [0.29, 0.717) is 0 Å². The van der Waals surface area contributed by atoms with Crippen LogP contribution in [0.5, 0.6) is 0 Å². The van der Waals surface area contributed by atoms with Crippen LogP contribution < -0.4 is 5.73 Å². The van der Waals surface area contributed by atoms with Crippen molar-refractivity contribution in [1.29, 1.82) is 0 Å². The van der Waals surface area contributed by atoms with Crippen LogP contribution in [0.15, 0.2) is 35.1 Å². The van der Waals surface area contributed by atoms with Gasteiger partial charge in [-0.25, -0.2) is 0 Å². The van der Waals surface area contributed by atoms with Crippen LogP contribution in [0.3, 0.4) is 0 Å². The number of rotatable bonds is 4. The van der Waals surface area contributed by atoms with Crippen molar-refractivity contribution in [2.75, 3.05) is 6.54 Å². The molecule has 1 aliphatic heterocycles. The summed E-state index contributed by atoms with van der Waals surface area (Å²) in [4.78, 5) is 2.41. The fraction of sp³-hybridized carbons (Fsp3) is 0.467. The van der Waals surface area contributed by atoms with Gasteiger partial charge >= 0.3 is 0 Å². The van der Waals surface area contributed by atoms with Gasteiger partial charge in [-0.15, -0.1) is 10.2 Å². The van der Waals surface area contributed by atoms with Gasteiger partial charge in [0, 0.05) is 23.6 Å². The van der Waals surface area contributed by atoms with E-state index in [0.717, 1.165) is 36.4 Å². The fourth-order valence-electron chi connectivity index (χ4n) is 2.96. The maximum atomic E-state index is 6.44. The average molecular weight is 350 g/mol. The molecule has 0 fully saturated rings. The molecule has 0 saturated carbocycles. The van der Waals surface area contributed by atoms with Crippen LogP contribution in [0.4, 0.5) is 0 Å². The van der Waals surface area contributed by atoms with Crippen molar-refractivity contribution in [3.8, 4) is 0 Å². The third kappa shape index (κ3) is 2.88. The summed E-state index contributed by atoms with van der Waals surface area (Å²) in [6.45, 7) is 4.81. The van der Waals surface area contributed by atoms with Gasteiger partial charge in [-0.2, -0.15) is 0 Å². The molecule has 0 radical (unpaired) electrons. The molecule has 3 rings (SSSR count). The maximum absolute atomic E-state index is 6.44. The lowest BCUT2D eigenvalue weighted by Crippen LogP contribution is -2.44. The minimum Gasteiger partial charge on any atom is -0.326 e. The molecule has 5 nitrogen and oxygen atoms in total. The van der Waals surface area contributed by atoms with E-state index in [1.54, 1.807) is 6.33 Å². The molecule has 2 heterocycles. The molecule has 0 spiro atoms. The van der Waals surface area contributed by atoms with Crippen LogP contribution in [0.25, 0.3) is 0 Å². The third-order valence-electron chi connectivity index (χ3n) is 4.16. The first-order valence-electron chi connectivity index (χ1n) is 7.31. The minimum absolute atomic E-state index is 0.0955. The van der Waals surface area contributed by atoms with E-state index in [-0.39, 0.29) is 12.1 Å². The molecule has 1 aromatic heterocycles. The van der Waals surface area contributed by atoms with Gasteiger partial charge in [-0.3, -0.25) is 4.90 Å². The molecule has 1 aromatic carbocycles. The van der Waals surface area contributed by atoms with Crippen LogP contribution in [0.2, 0.25) is 0 Å². The van der Waals surface area contributed by atoms with Crippen molar-refractivity contribution >= 4 is 15.9 Å². The standard InChI is InChI=1S/C15H20BrN5/c1-2-13(17)15(11-5-3-4-6-12(11)16)20-7-8-21-10-18-19-14(21)9-20/h3-6,10,13,15H,2,7-9,17H2,1H3. The van der Waals surface area contributed by atoms with E-state index in [9.17, 15) is 0 Å². The van der Waals surface area contributed by atoms with E-state index in [2.05, 4.69) is 60.7 Å². The summed E-state index contributed by atoms with van der Waals surface area (Å²) in [7, 11) is 0. The number of fused-ring (bicyclic) bond motifs is 1. The lowest BCUT2D eigenvalue weighted by Gasteiger charge is -2.38. The average Bonchev–Trinajstić information content (AvgIpc) is 2.97. The smallest absolute Gasteiger partial charge is 0.147 e. The molecule has 0 bridgehead atoms. The first-order chi connectivity index (χ1) is 10.2. The molecule has 2 atom stereocenters. The third-order valence-corrected chi connectivity index (χ3v) is 4.88. The minimum atomic E-state index is 0.0955. The van der Waals surface area contributed by atoms with Gasteiger partial charge < -0.3 is 10.3 Å². The number of halogens is 1. The largest absolute Gasteiger partial charge is 0.326 e. The van der Waals surface area contributed by atoms with E-state index in [1.807, 2.05) is 6.07 Å². The molecule has 2 aromatic rings. The monoisotopic (exact) mass is 349 g/mol. The molecule has 2 unspecified atom stereocenters. The molecule has 0 saturated heterocycles. The summed E-state index contributed by atoms with van der Waals surface area (Å²) in [6, 6.07) is 8.63. The van der Waals surface area contributed by atoms with Crippen LogP contribution in [-0.2, 0) is 13.1 Å². The summed E-state index contributed by atoms with van der Waals surface area (Å²) in [5.74, 6) is 1.02. The van der Waals surface area contributed by atoms with Crippen LogP contribution >= 0.6 is 15.9 Å². The van der Waals surface area contributed by atoms with E-state index < -0.39 is 0 Å². The molecular weight excluding hydrogens is 330 g/mol. The number of hydrogen-bond acceptors (Lipinski definition) is 4. The topological polar surface area (TPSA) is 60.0 Å². The lowest BCUT2D eigenvalue weighted by atomic mass is 9.96. The lowest BCUT2D eigenvalue weighted by molar-refractivity contribution is 0.130. The summed E-state index contributed by atoms with van der Waals surface area (Å²) in [5, 5.41) is 8.21. The van der Waals surface area contributed by atoms with Gasteiger partial charge in [0.25, 0.3) is 0 Å². The van der Waals surface area contributed by atoms with Crippen LogP contribution in [-0.4, -0.2) is 32.3 Å². The number of hydrogen-bond donors (Lipinski definition) is 1. The Morgan fingerprint density at radius 2 is 2.14 bits per heavy atom. The second kappa shape index (κ2) is 6.25. The first-order valence-corrected chi connectivity index (χ1v) is 8.10. The Balaban J connectivity index is 1.92. The predicted octanol–water partition coefficient (Wildman–Crippen LogP) is 2.33. The van der Waals surface area contributed by atoms with Gasteiger partial charge in [0.2, 0.25) is 0 Å². The highest BCUT2D eigenvalue weighted by molar-refractivity contribution is 9.10. The highest BCUT2D eigenvalue weighted by Gasteiger charge is 2.30. The first kappa shape index (κ1) is 14.7. The Hall–Kier alpha value is -1.24. The zero-order valence-corrected chi connectivity index (χ0v) is 13.7. The molecule has 21 heavy (non-hydrogen) atoms. The molecule has 1 aliphatic rings. The summed E-state index contributed by atoms with van der Waals surface area (Å²) < 4.78 is 3.23. The van der Waals surface area contributed by atoms with Crippen molar-refractivity contribution in [3.05, 3.63) is 46.5 Å². The Labute approximate surface area is 133 Å². The van der Waals surface area contributed by atoms with Crippen molar-refractivity contribution in [1.82, 2.24) is 19.7 Å². The Morgan fingerprint density at radius 3 is 2.90 bits per heavy atom. The molecule has 2 N–H and O–H groups in total. The van der Waals surface area contributed by atoms with Crippen molar-refractivity contribution < 1.29 is 0 Å². The second-order valence-corrected chi connectivity index (χ2v) is 6.30. The SMILES string of the molecule is CCC(N)C(c1ccccc1Br)N1CCn2cnnc2C1. The second-order valence-electron chi connectivity index (χ2n) is 5.45. The summed E-state index contributed by atoms with van der Waals surface area (Å²) in [6.07, 6.45) is 2.75. The molecule has 0 aliphatic carbocycles. The highest BCUT2D eigenvalue weighted by Crippen LogP contribution is 2.32. The maximum Gasteiger partial charge on any atom is 0.147 e. The predicted molar refractivity (Wildman–Crippen MR) is 85.6 cm³/mol. The van der Waals surface area contributed by atoms with E-state index >= 15 is 0 Å². The van der Waals surface area contributed by atoms with Gasteiger partial charge in [0.15, 0.2) is 0 Å². The van der Waals surface area contributed by atoms with Gasteiger partial charge in [0.05, 0.1) is 12.6 Å². The van der Waals surface area contributed by atoms with Crippen LogP contribution in [0, 0.1) is 0 Å². The number of benzene rings is 1. The molecule has 6 heteroatoms. The van der Waals surface area contributed by atoms with Crippen molar-refractivity contribution in [3.63, 3.8) is 0 Å². The van der Waals surface area contributed by atoms with Gasteiger partial charge in [-0.1, -0.05) is 41.1 Å². The molecular formula is C15H20BrN5. The van der Waals surface area contributed by atoms with Gasteiger partial charge in [-0.05, 0) is 18.1 Å². The van der Waals surface area contributed by atoms with Crippen molar-refractivity contribution in [2.24, 2.45) is 5.73 Å². The zero-order chi connectivity index (χ0) is 14.8. The Morgan fingerprint density at radius 1 is 1.33 bits per heavy atom. The number of aromatic nitrogens is 3. The number of nitrogens with two attached hydrogens (primary N) is 1. The highest BCUT2D eigenvalue weighted by atomic mass is 79.9. The van der Waals surface area contributed by atoms with Gasteiger partial charge in [0.1, 0.15) is 12.2 Å². The fourth-order valence-corrected chi connectivity index (χ4v) is 3.48. The normalized spacial score (nSPS) is 18.2. The van der Waals surface area contributed by atoms with Crippen molar-refractivity contribution in [2.45, 2.75) is 38.5 Å². The molecule has 0 amide bonds. The summed E-state index contributed by atoms with van der Waals surface area (Å²) in [5.41, 5.74) is 7.69. The van der Waals surface area contributed by atoms with E-state index in [4.69, 9.17) is 5.73 Å². The zero-order valence-electron chi connectivity index (χ0n) is 12.1.